The molecule has 0 amide bonds. The lowest BCUT2D eigenvalue weighted by atomic mass is 10.0. The van der Waals surface area contributed by atoms with E-state index < -0.39 is 87.6 Å². The normalized spacial score (nSPS) is 19.2. The molecule has 1 saturated heterocycles. The molecular weight excluding hydrogens is 812 g/mol. The number of anilines is 1. The Labute approximate surface area is 363 Å². The Morgan fingerprint density at radius 3 is 1.66 bits per heavy atom. The minimum absolute atomic E-state index is 0.116. The van der Waals surface area contributed by atoms with E-state index in [1.54, 1.807) is 0 Å². The van der Waals surface area contributed by atoms with Gasteiger partial charge < -0.3 is 35.1 Å². The number of carbonyl (C=O) groups excluding carboxylic acids is 2. The van der Waals surface area contributed by atoms with E-state index in [-0.39, 0.29) is 12.8 Å². The van der Waals surface area contributed by atoms with Gasteiger partial charge in [0.2, 0.25) is 0 Å². The highest BCUT2D eigenvalue weighted by Crippen LogP contribution is 2.44. The van der Waals surface area contributed by atoms with E-state index in [0.717, 1.165) is 38.5 Å². The number of aromatic nitrogens is 2. The fraction of sp³-hybridized carbons (Fsp3) is 0.864. The summed E-state index contributed by atoms with van der Waals surface area (Å²) in [7, 11) is -4.91. The maximum atomic E-state index is 14.0. The summed E-state index contributed by atoms with van der Waals surface area (Å²) in [5.74, 6) is -2.78. The van der Waals surface area contributed by atoms with Gasteiger partial charge in [0.15, 0.2) is 24.0 Å². The molecule has 2 heterocycles. The number of phosphoric acid groups is 1. The Balaban J connectivity index is 1.79. The number of hydrogen-bond acceptors (Lipinski definition) is 13. The van der Waals surface area contributed by atoms with Gasteiger partial charge in [-0.05, 0) is 12.8 Å². The summed E-state index contributed by atoms with van der Waals surface area (Å²) in [5, 5.41) is 20.9. The Morgan fingerprint density at radius 1 is 0.738 bits per heavy atom. The monoisotopic (exact) mass is 892 g/mol. The predicted molar refractivity (Wildman–Crippen MR) is 232 cm³/mol. The molecule has 0 aliphatic carbocycles. The number of halogens is 1. The van der Waals surface area contributed by atoms with Crippen molar-refractivity contribution in [3.05, 3.63) is 22.5 Å². The molecule has 0 radical (unpaired) electrons. The van der Waals surface area contributed by atoms with E-state index in [0.29, 0.717) is 23.6 Å². The zero-order valence-corrected chi connectivity index (χ0v) is 38.1. The second kappa shape index (κ2) is 33.1. The second-order valence-electron chi connectivity index (χ2n) is 16.6. The third kappa shape index (κ3) is 24.8. The van der Waals surface area contributed by atoms with Gasteiger partial charge in [0, 0.05) is 12.8 Å². The van der Waals surface area contributed by atoms with Gasteiger partial charge in [-0.25, -0.2) is 13.8 Å². The second-order valence-corrected chi connectivity index (χ2v) is 18.0. The summed E-state index contributed by atoms with van der Waals surface area (Å²) in [6.45, 7) is 2.60. The van der Waals surface area contributed by atoms with Gasteiger partial charge in [0.1, 0.15) is 24.9 Å². The van der Waals surface area contributed by atoms with E-state index >= 15 is 0 Å². The average molecular weight is 892 g/mol. The van der Waals surface area contributed by atoms with E-state index in [1.807, 2.05) is 0 Å². The first kappa shape index (κ1) is 54.7. The van der Waals surface area contributed by atoms with Crippen LogP contribution in [0.5, 0.6) is 0 Å². The van der Waals surface area contributed by atoms with Crippen LogP contribution in [0.15, 0.2) is 11.0 Å². The number of aliphatic hydroxyl groups excluding tert-OH is 2. The molecule has 1 fully saturated rings. The highest BCUT2D eigenvalue weighted by Gasteiger charge is 2.45. The third-order valence-electron chi connectivity index (χ3n) is 11.1. The topological polar surface area (TPSA) is 219 Å². The van der Waals surface area contributed by atoms with Crippen LogP contribution < -0.4 is 11.4 Å². The van der Waals surface area contributed by atoms with Crippen molar-refractivity contribution in [1.82, 2.24) is 9.55 Å². The highest BCUT2D eigenvalue weighted by atomic mass is 31.2. The minimum Gasteiger partial charge on any atom is -0.462 e. The third-order valence-corrected chi connectivity index (χ3v) is 12.0. The summed E-state index contributed by atoms with van der Waals surface area (Å²) in [4.78, 5) is 51.4. The zero-order chi connectivity index (χ0) is 44.7. The molecule has 17 heteroatoms. The Morgan fingerprint density at radius 2 is 1.18 bits per heavy atom. The molecule has 15 nitrogen and oxygen atoms in total. The molecule has 0 saturated carbocycles. The van der Waals surface area contributed by atoms with Gasteiger partial charge >= 0.3 is 25.5 Å². The number of unbranched alkanes of at least 4 members (excludes halogenated alkanes) is 24. The van der Waals surface area contributed by atoms with Crippen molar-refractivity contribution >= 4 is 25.6 Å². The van der Waals surface area contributed by atoms with Crippen LogP contribution in [-0.4, -0.2) is 80.8 Å². The largest absolute Gasteiger partial charge is 0.472 e. The van der Waals surface area contributed by atoms with Crippen LogP contribution in [0, 0.1) is 5.82 Å². The van der Waals surface area contributed by atoms with E-state index in [9.17, 15) is 38.4 Å². The lowest BCUT2D eigenvalue weighted by Crippen LogP contribution is -2.36. The van der Waals surface area contributed by atoms with Crippen LogP contribution in [0.25, 0.3) is 0 Å². The van der Waals surface area contributed by atoms with Crippen molar-refractivity contribution in [2.75, 3.05) is 25.6 Å². The summed E-state index contributed by atoms with van der Waals surface area (Å²) in [6.07, 6.45) is 23.4. The lowest BCUT2D eigenvalue weighted by molar-refractivity contribution is -0.161. The first-order chi connectivity index (χ1) is 29.4. The quantitative estimate of drug-likeness (QED) is 0.0277. The molecule has 1 aromatic rings. The highest BCUT2D eigenvalue weighted by molar-refractivity contribution is 7.47. The number of nitrogen functional groups attached to an aromatic ring is 1. The molecule has 0 spiro atoms. The van der Waals surface area contributed by atoms with E-state index in [4.69, 9.17) is 29.0 Å². The van der Waals surface area contributed by atoms with Crippen LogP contribution in [0.1, 0.15) is 200 Å². The summed E-state index contributed by atoms with van der Waals surface area (Å²) >= 11 is 0. The van der Waals surface area contributed by atoms with Crippen molar-refractivity contribution in [3.63, 3.8) is 0 Å². The standard InChI is InChI=1S/C44H79FN3O12P/c1-3-5-7-9-11-13-15-17-19-21-23-25-27-29-38(49)56-32-35(59-39(50)30-28-26-24-22-20-18-16-14-12-10-8-6-4-2)33-57-61(54,55)58-34-37-40(51)41(52)43(60-37)48-31-36(45)42(46)47-44(48)53/h31,35,37,40-41,43,51-52H,3-30,32-34H2,1-2H3,(H,54,55)(H2,46,47,53)/t35-,37+,40+,41-,43+/m0/s1. The van der Waals surface area contributed by atoms with Gasteiger partial charge in [0.25, 0.3) is 0 Å². The van der Waals surface area contributed by atoms with Crippen LogP contribution in [0.2, 0.25) is 0 Å². The van der Waals surface area contributed by atoms with E-state index in [1.165, 1.54) is 116 Å². The molecule has 0 aromatic carbocycles. The molecule has 1 unspecified atom stereocenters. The number of nitrogens with two attached hydrogens (primary N) is 1. The van der Waals surface area contributed by atoms with Gasteiger partial charge in [-0.3, -0.25) is 23.2 Å². The molecule has 6 atom stereocenters. The Kier molecular flexibility index (Phi) is 29.7. The number of nitrogens with zero attached hydrogens (tertiary/aromatic N) is 2. The molecule has 1 aliphatic heterocycles. The molecule has 354 valence electrons. The number of aliphatic hydroxyl groups is 2. The van der Waals surface area contributed by atoms with E-state index in [2.05, 4.69) is 18.8 Å². The molecular formula is C44H79FN3O12P. The number of esters is 2. The van der Waals surface area contributed by atoms with Crippen molar-refractivity contribution < 1.29 is 56.9 Å². The lowest BCUT2D eigenvalue weighted by Gasteiger charge is -2.21. The molecule has 1 aliphatic rings. The van der Waals surface area contributed by atoms with Crippen LogP contribution >= 0.6 is 7.82 Å². The molecule has 1 aromatic heterocycles. The zero-order valence-electron chi connectivity index (χ0n) is 37.2. The number of hydrogen-bond donors (Lipinski definition) is 4. The van der Waals surface area contributed by atoms with Crippen LogP contribution in [-0.2, 0) is 37.4 Å². The van der Waals surface area contributed by atoms with Gasteiger partial charge in [0.05, 0.1) is 19.4 Å². The minimum atomic E-state index is -4.91. The van der Waals surface area contributed by atoms with Crippen molar-refractivity contribution in [1.29, 1.82) is 0 Å². The SMILES string of the molecule is CCCCCCCCCCCCCCCC(=O)OC[C@@H](COP(=O)(O)OC[C@H]1O[C@@H](n2cc(F)c(N)nc2=O)[C@@H](O)[C@@H]1O)OC(=O)CCCCCCCCCCCCCCC. The number of carbonyl (C=O) groups is 2. The maximum absolute atomic E-state index is 14.0. The van der Waals surface area contributed by atoms with Gasteiger partial charge in [-0.15, -0.1) is 0 Å². The predicted octanol–water partition coefficient (Wildman–Crippen LogP) is 9.14. The Hall–Kier alpha value is -2.46. The summed E-state index contributed by atoms with van der Waals surface area (Å²) < 4.78 is 53.9. The Bertz CT molecular complexity index is 1440. The smallest absolute Gasteiger partial charge is 0.462 e. The van der Waals surface area contributed by atoms with Crippen LogP contribution in [0.3, 0.4) is 0 Å². The molecule has 2 rings (SSSR count). The maximum Gasteiger partial charge on any atom is 0.472 e. The fourth-order valence-corrected chi connectivity index (χ4v) is 8.08. The average Bonchev–Trinajstić information content (AvgIpc) is 3.51. The van der Waals surface area contributed by atoms with Gasteiger partial charge in [-0.1, -0.05) is 168 Å². The van der Waals surface area contributed by atoms with Crippen LogP contribution in [0.4, 0.5) is 10.2 Å². The molecule has 5 N–H and O–H groups in total. The summed E-state index contributed by atoms with van der Waals surface area (Å²) in [6, 6.07) is 0. The van der Waals surface area contributed by atoms with Crippen molar-refractivity contribution in [3.8, 4) is 0 Å². The first-order valence-corrected chi connectivity index (χ1v) is 24.9. The van der Waals surface area contributed by atoms with Crippen molar-refractivity contribution in [2.45, 2.75) is 224 Å². The first-order valence-electron chi connectivity index (χ1n) is 23.4. The molecule has 61 heavy (non-hydrogen) atoms. The fourth-order valence-electron chi connectivity index (χ4n) is 7.31. The van der Waals surface area contributed by atoms with Gasteiger partial charge in [-0.2, -0.15) is 4.98 Å². The molecule has 0 bridgehead atoms. The summed E-state index contributed by atoms with van der Waals surface area (Å²) in [5.41, 5.74) is 4.25. The number of phosphoric ester groups is 1. The van der Waals surface area contributed by atoms with Crippen molar-refractivity contribution in [2.24, 2.45) is 0 Å². The number of ether oxygens (including phenoxy) is 3. The number of rotatable bonds is 38.